The van der Waals surface area contributed by atoms with Gasteiger partial charge in [-0.1, -0.05) is 51.9 Å². The fourth-order valence-electron chi connectivity index (χ4n) is 2.20. The van der Waals surface area contributed by atoms with Gasteiger partial charge in [-0.2, -0.15) is 4.98 Å². The molecule has 0 radical (unpaired) electrons. The zero-order valence-corrected chi connectivity index (χ0v) is 13.4. The Morgan fingerprint density at radius 1 is 0.952 bits per heavy atom. The van der Waals surface area contributed by atoms with Gasteiger partial charge in [-0.3, -0.25) is 0 Å². The van der Waals surface area contributed by atoms with Gasteiger partial charge in [0, 0.05) is 13.1 Å². The first-order valence-corrected chi connectivity index (χ1v) is 8.28. The molecule has 1 rings (SSSR count). The van der Waals surface area contributed by atoms with Gasteiger partial charge in [0.2, 0.25) is 5.95 Å². The molecule has 21 heavy (non-hydrogen) atoms. The molecule has 0 aromatic carbocycles. The second-order valence-corrected chi connectivity index (χ2v) is 5.32. The summed E-state index contributed by atoms with van der Waals surface area (Å²) in [4.78, 5) is 8.01. The molecule has 0 aliphatic heterocycles. The van der Waals surface area contributed by atoms with Crippen molar-refractivity contribution in [2.24, 2.45) is 0 Å². The molecular weight excluding hydrogens is 267 g/mol. The predicted molar refractivity (Wildman–Crippen MR) is 87.3 cm³/mol. The van der Waals surface area contributed by atoms with Crippen LogP contribution in [-0.4, -0.2) is 23.1 Å². The van der Waals surface area contributed by atoms with E-state index in [1.165, 1.54) is 51.1 Å². The third-order valence-electron chi connectivity index (χ3n) is 3.40. The quantitative estimate of drug-likeness (QED) is 0.553. The molecule has 0 saturated carbocycles. The Balaban J connectivity index is 2.13. The molecule has 120 valence electrons. The number of hydrogen-bond acceptors (Lipinski definition) is 4. The molecule has 0 unspecified atom stereocenters. The first-order chi connectivity index (χ1) is 10.3. The lowest BCUT2D eigenvalue weighted by molar-refractivity contribution is 0.579. The third kappa shape index (κ3) is 7.83. The minimum Gasteiger partial charge on any atom is -0.367 e. The number of rotatable bonds is 12. The summed E-state index contributed by atoms with van der Waals surface area (Å²) in [6.45, 7) is 5.68. The summed E-state index contributed by atoms with van der Waals surface area (Å²) < 4.78 is 13.5. The Labute approximate surface area is 128 Å². The highest BCUT2D eigenvalue weighted by molar-refractivity contribution is 5.40. The number of aromatic nitrogens is 2. The molecule has 0 aliphatic rings. The van der Waals surface area contributed by atoms with Crippen LogP contribution < -0.4 is 10.6 Å². The minimum atomic E-state index is -0.392. The summed E-state index contributed by atoms with van der Waals surface area (Å²) in [6.07, 6.45) is 11.4. The molecule has 1 aromatic heterocycles. The van der Waals surface area contributed by atoms with Crippen molar-refractivity contribution in [3.05, 3.63) is 12.0 Å². The third-order valence-corrected chi connectivity index (χ3v) is 3.40. The molecule has 0 bridgehead atoms. The van der Waals surface area contributed by atoms with Gasteiger partial charge in [0.05, 0.1) is 6.20 Å². The highest BCUT2D eigenvalue weighted by Gasteiger charge is 2.05. The van der Waals surface area contributed by atoms with E-state index in [0.717, 1.165) is 19.5 Å². The predicted octanol–water partition coefficient (Wildman–Crippen LogP) is 4.60. The molecule has 2 N–H and O–H groups in total. The average molecular weight is 296 g/mol. The summed E-state index contributed by atoms with van der Waals surface area (Å²) in [6, 6.07) is 0. The van der Waals surface area contributed by atoms with Crippen LogP contribution in [0.3, 0.4) is 0 Å². The molecule has 0 amide bonds. The van der Waals surface area contributed by atoms with Crippen LogP contribution in [0.15, 0.2) is 6.20 Å². The van der Waals surface area contributed by atoms with Gasteiger partial charge < -0.3 is 10.6 Å². The molecule has 0 fully saturated rings. The molecular formula is C16H29FN4. The second kappa shape index (κ2) is 11.3. The summed E-state index contributed by atoms with van der Waals surface area (Å²) >= 11 is 0. The summed E-state index contributed by atoms with van der Waals surface area (Å²) in [5, 5.41) is 6.04. The maximum Gasteiger partial charge on any atom is 0.224 e. The molecule has 1 aromatic rings. The number of anilines is 2. The number of hydrogen-bond donors (Lipinski definition) is 2. The van der Waals surface area contributed by atoms with Crippen LogP contribution in [0.25, 0.3) is 0 Å². The summed E-state index contributed by atoms with van der Waals surface area (Å²) in [7, 11) is 0. The van der Waals surface area contributed by atoms with Crippen molar-refractivity contribution in [2.75, 3.05) is 23.7 Å². The van der Waals surface area contributed by atoms with Crippen molar-refractivity contribution in [3.8, 4) is 0 Å². The van der Waals surface area contributed by atoms with Gasteiger partial charge in [-0.05, 0) is 13.3 Å². The molecule has 5 heteroatoms. The van der Waals surface area contributed by atoms with Gasteiger partial charge in [-0.25, -0.2) is 9.37 Å². The summed E-state index contributed by atoms with van der Waals surface area (Å²) in [5.41, 5.74) is 0. The van der Waals surface area contributed by atoms with E-state index in [0.29, 0.717) is 11.8 Å². The van der Waals surface area contributed by atoms with Crippen LogP contribution in [0, 0.1) is 5.82 Å². The van der Waals surface area contributed by atoms with Gasteiger partial charge in [-0.15, -0.1) is 0 Å². The SMILES string of the molecule is CCCCCCCCCCNc1nc(NCC)ncc1F. The van der Waals surface area contributed by atoms with Crippen LogP contribution in [0.1, 0.15) is 65.2 Å². The van der Waals surface area contributed by atoms with E-state index in [1.54, 1.807) is 0 Å². The monoisotopic (exact) mass is 296 g/mol. The van der Waals surface area contributed by atoms with Crippen LogP contribution in [0.2, 0.25) is 0 Å². The normalized spacial score (nSPS) is 10.6. The van der Waals surface area contributed by atoms with Crippen molar-refractivity contribution >= 4 is 11.8 Å². The van der Waals surface area contributed by atoms with E-state index < -0.39 is 5.82 Å². The van der Waals surface area contributed by atoms with E-state index in [2.05, 4.69) is 27.5 Å². The van der Waals surface area contributed by atoms with E-state index >= 15 is 0 Å². The van der Waals surface area contributed by atoms with Crippen LogP contribution in [0.5, 0.6) is 0 Å². The van der Waals surface area contributed by atoms with Crippen LogP contribution in [0.4, 0.5) is 16.2 Å². The molecule has 0 atom stereocenters. The van der Waals surface area contributed by atoms with Crippen LogP contribution >= 0.6 is 0 Å². The largest absolute Gasteiger partial charge is 0.367 e. The van der Waals surface area contributed by atoms with E-state index in [4.69, 9.17) is 0 Å². The Bertz CT molecular complexity index is 385. The van der Waals surface area contributed by atoms with Gasteiger partial charge in [0.25, 0.3) is 0 Å². The Hall–Kier alpha value is -1.39. The summed E-state index contributed by atoms with van der Waals surface area (Å²) in [5.74, 6) is 0.373. The van der Waals surface area contributed by atoms with Crippen molar-refractivity contribution in [1.82, 2.24) is 9.97 Å². The average Bonchev–Trinajstić information content (AvgIpc) is 2.49. The fourth-order valence-corrected chi connectivity index (χ4v) is 2.20. The molecule has 4 nitrogen and oxygen atoms in total. The van der Waals surface area contributed by atoms with Crippen molar-refractivity contribution in [3.63, 3.8) is 0 Å². The first-order valence-electron chi connectivity index (χ1n) is 8.28. The van der Waals surface area contributed by atoms with Crippen LogP contribution in [-0.2, 0) is 0 Å². The van der Waals surface area contributed by atoms with Gasteiger partial charge in [0.15, 0.2) is 11.6 Å². The Morgan fingerprint density at radius 3 is 2.29 bits per heavy atom. The van der Waals surface area contributed by atoms with E-state index in [1.807, 2.05) is 6.92 Å². The number of nitrogens with one attached hydrogen (secondary N) is 2. The van der Waals surface area contributed by atoms with Crippen molar-refractivity contribution in [1.29, 1.82) is 0 Å². The van der Waals surface area contributed by atoms with E-state index in [-0.39, 0.29) is 0 Å². The highest BCUT2D eigenvalue weighted by Crippen LogP contribution is 2.13. The number of halogens is 1. The lowest BCUT2D eigenvalue weighted by Crippen LogP contribution is -2.09. The Morgan fingerprint density at radius 2 is 1.62 bits per heavy atom. The second-order valence-electron chi connectivity index (χ2n) is 5.32. The number of nitrogens with zero attached hydrogens (tertiary/aromatic N) is 2. The number of unbranched alkanes of at least 4 members (excludes halogenated alkanes) is 7. The smallest absolute Gasteiger partial charge is 0.224 e. The van der Waals surface area contributed by atoms with Crippen molar-refractivity contribution in [2.45, 2.75) is 65.2 Å². The Kier molecular flexibility index (Phi) is 9.49. The van der Waals surface area contributed by atoms with E-state index in [9.17, 15) is 4.39 Å². The minimum absolute atomic E-state index is 0.295. The molecule has 0 saturated heterocycles. The lowest BCUT2D eigenvalue weighted by Gasteiger charge is -2.08. The molecule has 0 spiro atoms. The molecule has 0 aliphatic carbocycles. The maximum atomic E-state index is 13.5. The van der Waals surface area contributed by atoms with Gasteiger partial charge >= 0.3 is 0 Å². The zero-order chi connectivity index (χ0) is 15.3. The fraction of sp³-hybridized carbons (Fsp3) is 0.750. The maximum absolute atomic E-state index is 13.5. The zero-order valence-electron chi connectivity index (χ0n) is 13.4. The van der Waals surface area contributed by atoms with Crippen molar-refractivity contribution < 1.29 is 4.39 Å². The highest BCUT2D eigenvalue weighted by atomic mass is 19.1. The first kappa shape index (κ1) is 17.7. The standard InChI is InChI=1S/C16H29FN4/c1-3-5-6-7-8-9-10-11-12-19-15-14(17)13-20-16(21-15)18-4-2/h13H,3-12H2,1-2H3,(H2,18,19,20,21). The lowest BCUT2D eigenvalue weighted by atomic mass is 10.1. The van der Waals surface area contributed by atoms with Gasteiger partial charge in [0.1, 0.15) is 0 Å². The topological polar surface area (TPSA) is 49.8 Å². The molecule has 1 heterocycles.